The van der Waals surface area contributed by atoms with Crippen molar-refractivity contribution in [1.82, 2.24) is 14.9 Å². The van der Waals surface area contributed by atoms with Crippen molar-refractivity contribution in [3.63, 3.8) is 0 Å². The van der Waals surface area contributed by atoms with E-state index in [1.165, 1.54) is 6.07 Å². The van der Waals surface area contributed by atoms with Gasteiger partial charge in [-0.05, 0) is 29.8 Å². The third-order valence-corrected chi connectivity index (χ3v) is 7.23. The predicted molar refractivity (Wildman–Crippen MR) is 172 cm³/mol. The zero-order chi connectivity index (χ0) is 32.4. The molecule has 0 radical (unpaired) electrons. The first-order chi connectivity index (χ1) is 22.3. The lowest BCUT2D eigenvalue weighted by Crippen LogP contribution is -2.27. The number of carbonyl (C=O) groups excluding carboxylic acids is 1. The highest BCUT2D eigenvalue weighted by molar-refractivity contribution is 5.94. The van der Waals surface area contributed by atoms with Gasteiger partial charge in [0.05, 0.1) is 43.4 Å². The largest absolute Gasteiger partial charge is 0.416 e. The van der Waals surface area contributed by atoms with Gasteiger partial charge < -0.3 is 25.1 Å². The molecule has 1 amide bonds. The molecular formula is C36H35F3N4O3. The number of nitrogens with one attached hydrogen (secondary N) is 1. The van der Waals surface area contributed by atoms with E-state index < -0.39 is 11.7 Å². The van der Waals surface area contributed by atoms with Gasteiger partial charge in [-0.15, -0.1) is 0 Å². The Bertz CT molecular complexity index is 1710. The molecule has 0 aliphatic heterocycles. The maximum Gasteiger partial charge on any atom is 0.416 e. The molecule has 0 unspecified atom stereocenters. The number of aromatic nitrogens is 2. The normalized spacial score (nSPS) is 11.5. The molecule has 46 heavy (non-hydrogen) atoms. The number of benzene rings is 4. The Morgan fingerprint density at radius 2 is 1.39 bits per heavy atom. The van der Waals surface area contributed by atoms with Crippen LogP contribution in [0.25, 0.3) is 33.9 Å². The molecule has 3 N–H and O–H groups in total. The second-order valence-electron chi connectivity index (χ2n) is 10.5. The lowest BCUT2D eigenvalue weighted by atomic mass is 10.0. The van der Waals surface area contributed by atoms with Gasteiger partial charge in [0.25, 0.3) is 5.91 Å². The van der Waals surface area contributed by atoms with E-state index >= 15 is 0 Å². The highest BCUT2D eigenvalue weighted by Gasteiger charge is 2.31. The molecule has 0 saturated carbocycles. The van der Waals surface area contributed by atoms with Gasteiger partial charge in [0.1, 0.15) is 5.82 Å². The van der Waals surface area contributed by atoms with Crippen molar-refractivity contribution in [2.75, 3.05) is 39.5 Å². The maximum atomic E-state index is 13.7. The quantitative estimate of drug-likeness (QED) is 0.134. The van der Waals surface area contributed by atoms with E-state index in [1.54, 1.807) is 18.2 Å². The van der Waals surface area contributed by atoms with Gasteiger partial charge in [0.15, 0.2) is 0 Å². The minimum absolute atomic E-state index is 0.238. The maximum absolute atomic E-state index is 13.7. The summed E-state index contributed by atoms with van der Waals surface area (Å²) in [7, 11) is 0. The molecule has 0 aliphatic carbocycles. The molecule has 5 aromatic rings. The molecule has 1 aromatic heterocycles. The number of ether oxygens (including phenoxy) is 2. The Hall–Kier alpha value is -4.77. The van der Waals surface area contributed by atoms with Crippen molar-refractivity contribution >= 4 is 5.91 Å². The Morgan fingerprint density at radius 3 is 2.04 bits per heavy atom. The summed E-state index contributed by atoms with van der Waals surface area (Å²) in [4.78, 5) is 17.7. The molecule has 0 atom stereocenters. The summed E-state index contributed by atoms with van der Waals surface area (Å²) in [6.07, 6.45) is -4.50. The van der Waals surface area contributed by atoms with Crippen LogP contribution in [-0.2, 0) is 22.2 Å². The Balaban J connectivity index is 1.45. The van der Waals surface area contributed by atoms with Crippen LogP contribution in [-0.4, -0.2) is 55.0 Å². The standard InChI is InChI=1S/C36H35F3N4O3/c37-36(38,39)31-13-7-12-30(24-31)34-42-32(27-8-3-1-4-9-27)33(28-10-5-2-6-11-28)43(34)25-26-14-16-29(17-15-26)35(44)41-19-21-46-23-22-45-20-18-40/h1-17,24H,18-23,25,40H2,(H,41,44). The van der Waals surface area contributed by atoms with Crippen molar-refractivity contribution in [3.8, 4) is 33.9 Å². The summed E-state index contributed by atoms with van der Waals surface area (Å²) >= 11 is 0. The molecule has 7 nitrogen and oxygen atoms in total. The summed E-state index contributed by atoms with van der Waals surface area (Å²) in [6.45, 7) is 2.78. The van der Waals surface area contributed by atoms with Gasteiger partial charge in [-0.2, -0.15) is 13.2 Å². The van der Waals surface area contributed by atoms with E-state index in [1.807, 2.05) is 77.4 Å². The second-order valence-corrected chi connectivity index (χ2v) is 10.5. The minimum atomic E-state index is -4.50. The summed E-state index contributed by atoms with van der Waals surface area (Å²) in [5, 5.41) is 2.84. The number of alkyl halides is 3. The van der Waals surface area contributed by atoms with Gasteiger partial charge in [-0.1, -0.05) is 84.9 Å². The third-order valence-electron chi connectivity index (χ3n) is 7.23. The molecule has 4 aromatic carbocycles. The minimum Gasteiger partial charge on any atom is -0.378 e. The van der Waals surface area contributed by atoms with Crippen LogP contribution in [0.3, 0.4) is 0 Å². The fourth-order valence-corrected chi connectivity index (χ4v) is 5.04. The number of hydrogen-bond acceptors (Lipinski definition) is 5. The second kappa shape index (κ2) is 15.5. The van der Waals surface area contributed by atoms with Crippen LogP contribution in [0.4, 0.5) is 13.2 Å². The Kier molecular flexibility index (Phi) is 11.0. The van der Waals surface area contributed by atoms with Gasteiger partial charge in [-0.25, -0.2) is 4.98 Å². The molecule has 0 spiro atoms. The topological polar surface area (TPSA) is 91.4 Å². The van der Waals surface area contributed by atoms with Crippen molar-refractivity contribution in [2.24, 2.45) is 5.73 Å². The van der Waals surface area contributed by atoms with E-state index in [4.69, 9.17) is 20.2 Å². The lowest BCUT2D eigenvalue weighted by molar-refractivity contribution is -0.137. The molecule has 0 saturated heterocycles. The predicted octanol–water partition coefficient (Wildman–Crippen LogP) is 6.67. The van der Waals surface area contributed by atoms with Crippen LogP contribution < -0.4 is 11.1 Å². The fourth-order valence-electron chi connectivity index (χ4n) is 5.04. The van der Waals surface area contributed by atoms with Gasteiger partial charge >= 0.3 is 6.18 Å². The molecule has 238 valence electrons. The lowest BCUT2D eigenvalue weighted by Gasteiger charge is -2.15. The van der Waals surface area contributed by atoms with E-state index in [0.29, 0.717) is 68.7 Å². The van der Waals surface area contributed by atoms with Gasteiger partial charge in [0, 0.05) is 41.9 Å². The molecule has 0 bridgehead atoms. The third kappa shape index (κ3) is 8.28. The number of nitrogens with two attached hydrogens (primary N) is 1. The Morgan fingerprint density at radius 1 is 0.761 bits per heavy atom. The van der Waals surface area contributed by atoms with E-state index in [0.717, 1.165) is 34.5 Å². The van der Waals surface area contributed by atoms with Crippen LogP contribution in [0.1, 0.15) is 21.5 Å². The van der Waals surface area contributed by atoms with E-state index in [-0.39, 0.29) is 5.91 Å². The zero-order valence-electron chi connectivity index (χ0n) is 25.2. The summed E-state index contributed by atoms with van der Waals surface area (Å²) < 4.78 is 53.9. The number of halogens is 3. The van der Waals surface area contributed by atoms with Crippen LogP contribution >= 0.6 is 0 Å². The SMILES string of the molecule is NCCOCCOCCNC(=O)c1ccc(Cn2c(-c3cccc(C(F)(F)F)c3)nc(-c3ccccc3)c2-c2ccccc2)cc1. The van der Waals surface area contributed by atoms with Crippen LogP contribution in [0.2, 0.25) is 0 Å². The number of nitrogens with zero attached hydrogens (tertiary/aromatic N) is 2. The first-order valence-electron chi connectivity index (χ1n) is 15.0. The number of rotatable bonds is 14. The average Bonchev–Trinajstić information content (AvgIpc) is 3.45. The van der Waals surface area contributed by atoms with Crippen molar-refractivity contribution < 1.29 is 27.4 Å². The average molecular weight is 629 g/mol. The van der Waals surface area contributed by atoms with Crippen molar-refractivity contribution in [2.45, 2.75) is 12.7 Å². The highest BCUT2D eigenvalue weighted by atomic mass is 19.4. The van der Waals surface area contributed by atoms with Crippen LogP contribution in [0.15, 0.2) is 109 Å². The first-order valence-corrected chi connectivity index (χ1v) is 15.0. The van der Waals surface area contributed by atoms with Gasteiger partial charge in [-0.3, -0.25) is 4.79 Å². The number of hydrogen-bond donors (Lipinski definition) is 2. The smallest absolute Gasteiger partial charge is 0.378 e. The number of carbonyl (C=O) groups is 1. The van der Waals surface area contributed by atoms with Crippen LogP contribution in [0.5, 0.6) is 0 Å². The monoisotopic (exact) mass is 628 g/mol. The molecule has 0 aliphatic rings. The number of amides is 1. The summed E-state index contributed by atoms with van der Waals surface area (Å²) in [5.41, 5.74) is 9.44. The molecular weight excluding hydrogens is 593 g/mol. The highest BCUT2D eigenvalue weighted by Crippen LogP contribution is 2.38. The zero-order valence-corrected chi connectivity index (χ0v) is 25.2. The van der Waals surface area contributed by atoms with Crippen LogP contribution in [0, 0.1) is 0 Å². The molecule has 5 rings (SSSR count). The molecule has 0 fully saturated rings. The summed E-state index contributed by atoms with van der Waals surface area (Å²) in [6, 6.07) is 31.6. The van der Waals surface area contributed by atoms with E-state index in [2.05, 4.69) is 5.32 Å². The fraction of sp³-hybridized carbons (Fsp3) is 0.222. The van der Waals surface area contributed by atoms with E-state index in [9.17, 15) is 18.0 Å². The first kappa shape index (κ1) is 32.6. The number of imidazole rings is 1. The summed E-state index contributed by atoms with van der Waals surface area (Å²) in [5.74, 6) is 0.164. The van der Waals surface area contributed by atoms with Gasteiger partial charge in [0.2, 0.25) is 0 Å². The van der Waals surface area contributed by atoms with Crippen molar-refractivity contribution in [3.05, 3.63) is 126 Å². The molecule has 1 heterocycles. The van der Waals surface area contributed by atoms with Crippen molar-refractivity contribution in [1.29, 1.82) is 0 Å². The molecule has 10 heteroatoms. The Labute approximate surface area is 265 Å².